The summed E-state index contributed by atoms with van der Waals surface area (Å²) in [6.07, 6.45) is -0.330. The molecule has 2 heterocycles. The van der Waals surface area contributed by atoms with E-state index in [4.69, 9.17) is 15.2 Å². The number of aromatic hydroxyl groups is 1. The highest BCUT2D eigenvalue weighted by molar-refractivity contribution is 5.89. The lowest BCUT2D eigenvalue weighted by Gasteiger charge is -2.40. The molecule has 1 aromatic heterocycles. The van der Waals surface area contributed by atoms with Crippen LogP contribution in [0.2, 0.25) is 0 Å². The number of hydrogen-bond donors (Lipinski definition) is 2. The topological polar surface area (TPSA) is 111 Å². The number of rotatable bonds is 5. The molecule has 1 fully saturated rings. The fourth-order valence-electron chi connectivity index (χ4n) is 3.86. The van der Waals surface area contributed by atoms with Gasteiger partial charge in [0.1, 0.15) is 11.9 Å². The number of benzene rings is 2. The van der Waals surface area contributed by atoms with Crippen LogP contribution in [0.25, 0.3) is 11.3 Å². The summed E-state index contributed by atoms with van der Waals surface area (Å²) >= 11 is 0. The fourth-order valence-corrected chi connectivity index (χ4v) is 3.86. The lowest BCUT2D eigenvalue weighted by Crippen LogP contribution is -2.45. The average Bonchev–Trinajstić information content (AvgIpc) is 2.82. The molecule has 0 aliphatic carbocycles. The number of carbonyl (C=O) groups excluding carboxylic acids is 1. The molecule has 4 rings (SSSR count). The molecule has 1 saturated heterocycles. The Morgan fingerprint density at radius 2 is 1.97 bits per heavy atom. The van der Waals surface area contributed by atoms with Crippen LogP contribution in [-0.4, -0.2) is 47.1 Å². The van der Waals surface area contributed by atoms with E-state index in [2.05, 4.69) is 10.2 Å². The molecule has 10 heteroatoms. The summed E-state index contributed by atoms with van der Waals surface area (Å²) in [6, 6.07) is 10.00. The molecule has 1 aliphatic heterocycles. The highest BCUT2D eigenvalue weighted by Gasteiger charge is 2.30. The predicted molar refractivity (Wildman–Crippen MR) is 121 cm³/mol. The number of anilines is 2. The summed E-state index contributed by atoms with van der Waals surface area (Å²) in [4.78, 5) is 13.9. The van der Waals surface area contributed by atoms with Crippen LogP contribution in [0.3, 0.4) is 0 Å². The lowest BCUT2D eigenvalue weighted by atomic mass is 10.0. The number of esters is 1. The minimum atomic E-state index is -1.10. The van der Waals surface area contributed by atoms with Crippen molar-refractivity contribution in [2.24, 2.45) is 0 Å². The molecule has 3 aromatic rings. The Labute approximate surface area is 194 Å². The molecule has 0 amide bonds. The van der Waals surface area contributed by atoms with E-state index >= 15 is 0 Å². The molecule has 34 heavy (non-hydrogen) atoms. The Morgan fingerprint density at radius 3 is 2.68 bits per heavy atom. The zero-order chi connectivity index (χ0) is 24.4. The smallest absolute Gasteiger partial charge is 0.338 e. The second-order valence-corrected chi connectivity index (χ2v) is 7.95. The maximum absolute atomic E-state index is 13.9. The van der Waals surface area contributed by atoms with Gasteiger partial charge < -0.3 is 25.2 Å². The third-order valence-electron chi connectivity index (χ3n) is 5.64. The number of nitrogens with two attached hydrogens (primary N) is 1. The van der Waals surface area contributed by atoms with Gasteiger partial charge in [-0.05, 0) is 43.7 Å². The van der Waals surface area contributed by atoms with Gasteiger partial charge in [0, 0.05) is 24.2 Å². The Bertz CT molecular complexity index is 1210. The largest absolute Gasteiger partial charge is 0.504 e. The van der Waals surface area contributed by atoms with Gasteiger partial charge >= 0.3 is 5.97 Å². The summed E-state index contributed by atoms with van der Waals surface area (Å²) in [5.41, 5.74) is 7.86. The van der Waals surface area contributed by atoms with Crippen LogP contribution < -0.4 is 10.6 Å². The van der Waals surface area contributed by atoms with E-state index in [1.165, 1.54) is 0 Å². The van der Waals surface area contributed by atoms with Gasteiger partial charge in [-0.15, -0.1) is 10.2 Å². The second kappa shape index (κ2) is 9.60. The number of phenols is 1. The van der Waals surface area contributed by atoms with Crippen molar-refractivity contribution in [3.8, 4) is 17.0 Å². The summed E-state index contributed by atoms with van der Waals surface area (Å²) in [5, 5.41) is 17.9. The number of phenolic OH excluding ortho intramolecular Hbond substituents is 1. The van der Waals surface area contributed by atoms with E-state index in [9.17, 15) is 18.7 Å². The highest BCUT2D eigenvalue weighted by Crippen LogP contribution is 2.36. The van der Waals surface area contributed by atoms with Gasteiger partial charge in [0.15, 0.2) is 17.4 Å². The molecule has 0 unspecified atom stereocenters. The third kappa shape index (κ3) is 4.62. The van der Waals surface area contributed by atoms with Crippen molar-refractivity contribution < 1.29 is 28.2 Å². The average molecular weight is 470 g/mol. The SMILES string of the molecule is CCOC(=O)c1ccc([C@@H]2CN(c3cc(-c4cc(F)cc(F)c4O)nnc3N)[C@H](C)CO2)cc1. The van der Waals surface area contributed by atoms with Crippen molar-refractivity contribution in [1.29, 1.82) is 0 Å². The number of nitrogens with zero attached hydrogens (tertiary/aromatic N) is 3. The predicted octanol–water partition coefficient (Wildman–Crippen LogP) is 3.85. The van der Waals surface area contributed by atoms with E-state index in [0.29, 0.717) is 37.1 Å². The summed E-state index contributed by atoms with van der Waals surface area (Å²) in [5.74, 6) is -2.93. The first kappa shape index (κ1) is 23.4. The van der Waals surface area contributed by atoms with Gasteiger partial charge in [-0.3, -0.25) is 0 Å². The maximum atomic E-state index is 13.9. The van der Waals surface area contributed by atoms with Crippen LogP contribution in [0.15, 0.2) is 42.5 Å². The van der Waals surface area contributed by atoms with Gasteiger partial charge in [0.2, 0.25) is 0 Å². The second-order valence-electron chi connectivity index (χ2n) is 7.95. The van der Waals surface area contributed by atoms with Crippen molar-refractivity contribution in [2.45, 2.75) is 26.0 Å². The number of carbonyl (C=O) groups is 1. The van der Waals surface area contributed by atoms with Gasteiger partial charge in [-0.25, -0.2) is 13.6 Å². The number of halogens is 2. The minimum absolute atomic E-state index is 0.0779. The molecule has 3 N–H and O–H groups in total. The lowest BCUT2D eigenvalue weighted by molar-refractivity contribution is 0.0215. The van der Waals surface area contributed by atoms with Crippen molar-refractivity contribution in [2.75, 3.05) is 30.4 Å². The standard InChI is InChI=1S/C24H24F2N4O4/c1-3-33-24(32)15-6-4-14(5-7-15)21-11-30(13(2)12-34-21)20-10-19(28-29-23(20)27)17-8-16(25)9-18(26)22(17)31/h4-10,13,21,31H,3,11-12H2,1-2H3,(H2,27,29)/t13-,21+/m1/s1. The summed E-state index contributed by atoms with van der Waals surface area (Å²) < 4.78 is 38.7. The van der Waals surface area contributed by atoms with E-state index in [-0.39, 0.29) is 29.2 Å². The van der Waals surface area contributed by atoms with Gasteiger partial charge in [-0.1, -0.05) is 12.1 Å². The Hall–Kier alpha value is -3.79. The summed E-state index contributed by atoms with van der Waals surface area (Å²) in [7, 11) is 0. The number of morpholine rings is 1. The van der Waals surface area contributed by atoms with E-state index in [0.717, 1.165) is 11.6 Å². The number of nitrogen functional groups attached to an aromatic ring is 1. The third-order valence-corrected chi connectivity index (χ3v) is 5.64. The van der Waals surface area contributed by atoms with E-state index in [1.807, 2.05) is 11.8 Å². The van der Waals surface area contributed by atoms with Crippen LogP contribution in [0.1, 0.15) is 35.9 Å². The molecular weight excluding hydrogens is 446 g/mol. The van der Waals surface area contributed by atoms with E-state index in [1.54, 1.807) is 37.3 Å². The molecule has 1 aliphatic rings. The fraction of sp³-hybridized carbons (Fsp3) is 0.292. The first-order chi connectivity index (χ1) is 16.3. The Balaban J connectivity index is 1.63. The maximum Gasteiger partial charge on any atom is 0.338 e. The van der Waals surface area contributed by atoms with Crippen molar-refractivity contribution in [3.63, 3.8) is 0 Å². The normalized spacial score (nSPS) is 18.1. The van der Waals surface area contributed by atoms with E-state index < -0.39 is 23.4 Å². The molecule has 2 atom stereocenters. The Kier molecular flexibility index (Phi) is 6.60. The summed E-state index contributed by atoms with van der Waals surface area (Å²) in [6.45, 7) is 4.76. The van der Waals surface area contributed by atoms with Crippen molar-refractivity contribution in [1.82, 2.24) is 10.2 Å². The molecule has 0 radical (unpaired) electrons. The first-order valence-electron chi connectivity index (χ1n) is 10.7. The first-order valence-corrected chi connectivity index (χ1v) is 10.7. The van der Waals surface area contributed by atoms with Gasteiger partial charge in [0.25, 0.3) is 0 Å². The molecule has 0 saturated carbocycles. The van der Waals surface area contributed by atoms with Crippen LogP contribution in [0, 0.1) is 11.6 Å². The van der Waals surface area contributed by atoms with Crippen molar-refractivity contribution >= 4 is 17.5 Å². The monoisotopic (exact) mass is 470 g/mol. The number of aromatic nitrogens is 2. The molecule has 0 bridgehead atoms. The Morgan fingerprint density at radius 1 is 1.24 bits per heavy atom. The van der Waals surface area contributed by atoms with Gasteiger partial charge in [0.05, 0.1) is 30.2 Å². The van der Waals surface area contributed by atoms with Crippen LogP contribution in [0.4, 0.5) is 20.3 Å². The molecule has 2 aromatic carbocycles. The van der Waals surface area contributed by atoms with Crippen LogP contribution in [0.5, 0.6) is 5.75 Å². The molecule has 178 valence electrons. The van der Waals surface area contributed by atoms with Crippen molar-refractivity contribution in [3.05, 3.63) is 65.2 Å². The van der Waals surface area contributed by atoms with Crippen LogP contribution in [-0.2, 0) is 9.47 Å². The minimum Gasteiger partial charge on any atom is -0.504 e. The zero-order valence-corrected chi connectivity index (χ0v) is 18.7. The molecular formula is C24H24F2N4O4. The highest BCUT2D eigenvalue weighted by atomic mass is 19.1. The zero-order valence-electron chi connectivity index (χ0n) is 18.7. The molecule has 0 spiro atoms. The number of hydrogen-bond acceptors (Lipinski definition) is 8. The van der Waals surface area contributed by atoms with Crippen LogP contribution >= 0.6 is 0 Å². The number of ether oxygens (including phenoxy) is 2. The van der Waals surface area contributed by atoms with Gasteiger partial charge in [-0.2, -0.15) is 0 Å². The molecule has 8 nitrogen and oxygen atoms in total. The quantitative estimate of drug-likeness (QED) is 0.541.